The molecule has 1 atom stereocenters. The van der Waals surface area contributed by atoms with Crippen LogP contribution in [0.1, 0.15) is 37.1 Å². The van der Waals surface area contributed by atoms with Gasteiger partial charge in [-0.25, -0.2) is 4.79 Å². The molecule has 0 saturated carbocycles. The maximum atomic E-state index is 12.3. The van der Waals surface area contributed by atoms with Crippen molar-refractivity contribution in [2.45, 2.75) is 32.2 Å². The third kappa shape index (κ3) is 2.31. The molecule has 2 N–H and O–H groups in total. The van der Waals surface area contributed by atoms with Crippen molar-refractivity contribution in [3.05, 3.63) is 35.5 Å². The number of unbranched alkanes of at least 4 members (excludes halogenated alkanes) is 1. The number of benzene rings is 1. The lowest BCUT2D eigenvalue weighted by Crippen LogP contribution is -2.36. The van der Waals surface area contributed by atoms with Gasteiger partial charge in [-0.2, -0.15) is 0 Å². The molecule has 0 fully saturated rings. The van der Waals surface area contributed by atoms with E-state index in [1.54, 1.807) is 0 Å². The van der Waals surface area contributed by atoms with Gasteiger partial charge in [-0.15, -0.1) is 0 Å². The SMILES string of the molecule is CCCCOC(=O)C1NCCc2[nH]c3ccccc3c21. The zero-order valence-electron chi connectivity index (χ0n) is 11.7. The van der Waals surface area contributed by atoms with Gasteiger partial charge in [-0.3, -0.25) is 0 Å². The quantitative estimate of drug-likeness (QED) is 0.664. The Morgan fingerprint density at radius 2 is 2.25 bits per heavy atom. The molecule has 2 heterocycles. The minimum atomic E-state index is -0.341. The number of H-pyrrole nitrogens is 1. The van der Waals surface area contributed by atoms with Gasteiger partial charge in [0.05, 0.1) is 6.61 Å². The van der Waals surface area contributed by atoms with Crippen LogP contribution in [0.5, 0.6) is 0 Å². The van der Waals surface area contributed by atoms with E-state index in [1.165, 1.54) is 0 Å². The first kappa shape index (κ1) is 13.2. The predicted octanol–water partition coefficient (Wildman–Crippen LogP) is 2.70. The van der Waals surface area contributed by atoms with Crippen molar-refractivity contribution in [1.29, 1.82) is 0 Å². The molecule has 0 radical (unpaired) electrons. The van der Waals surface area contributed by atoms with E-state index in [-0.39, 0.29) is 12.0 Å². The van der Waals surface area contributed by atoms with E-state index < -0.39 is 0 Å². The highest BCUT2D eigenvalue weighted by atomic mass is 16.5. The Bertz CT molecular complexity index is 618. The van der Waals surface area contributed by atoms with E-state index in [0.717, 1.165) is 48.0 Å². The molecule has 0 spiro atoms. The molecule has 1 aliphatic rings. The van der Waals surface area contributed by atoms with Crippen molar-refractivity contribution in [2.75, 3.05) is 13.2 Å². The van der Waals surface area contributed by atoms with Crippen molar-refractivity contribution >= 4 is 16.9 Å². The third-order valence-corrected chi connectivity index (χ3v) is 3.82. The summed E-state index contributed by atoms with van der Waals surface area (Å²) < 4.78 is 5.38. The molecule has 0 aliphatic carbocycles. The van der Waals surface area contributed by atoms with E-state index >= 15 is 0 Å². The number of fused-ring (bicyclic) bond motifs is 3. The van der Waals surface area contributed by atoms with E-state index in [9.17, 15) is 4.79 Å². The second kappa shape index (κ2) is 5.67. The van der Waals surface area contributed by atoms with Crippen LogP contribution >= 0.6 is 0 Å². The number of aromatic nitrogens is 1. The zero-order chi connectivity index (χ0) is 13.9. The molecule has 2 aromatic rings. The lowest BCUT2D eigenvalue weighted by molar-refractivity contribution is -0.146. The Kier molecular flexibility index (Phi) is 3.74. The molecule has 0 bridgehead atoms. The fraction of sp³-hybridized carbons (Fsp3) is 0.438. The Labute approximate surface area is 118 Å². The van der Waals surface area contributed by atoms with Gasteiger partial charge < -0.3 is 15.0 Å². The molecular formula is C16H20N2O2. The molecule has 1 aliphatic heterocycles. The highest BCUT2D eigenvalue weighted by molar-refractivity contribution is 5.91. The summed E-state index contributed by atoms with van der Waals surface area (Å²) in [6.07, 6.45) is 2.87. The van der Waals surface area contributed by atoms with Crippen molar-refractivity contribution in [2.24, 2.45) is 0 Å². The summed E-state index contributed by atoms with van der Waals surface area (Å²) in [6.45, 7) is 3.39. The summed E-state index contributed by atoms with van der Waals surface area (Å²) in [5.41, 5.74) is 3.31. The van der Waals surface area contributed by atoms with Crippen molar-refractivity contribution < 1.29 is 9.53 Å². The number of aromatic amines is 1. The number of rotatable bonds is 4. The fourth-order valence-electron chi connectivity index (χ4n) is 2.79. The second-order valence-corrected chi connectivity index (χ2v) is 5.22. The van der Waals surface area contributed by atoms with Crippen molar-refractivity contribution in [1.82, 2.24) is 10.3 Å². The average molecular weight is 272 g/mol. The minimum Gasteiger partial charge on any atom is -0.464 e. The van der Waals surface area contributed by atoms with Crippen molar-refractivity contribution in [3.63, 3.8) is 0 Å². The largest absolute Gasteiger partial charge is 0.464 e. The number of nitrogens with one attached hydrogen (secondary N) is 2. The van der Waals surface area contributed by atoms with Crippen LogP contribution in [-0.4, -0.2) is 24.1 Å². The molecule has 4 heteroatoms. The lowest BCUT2D eigenvalue weighted by Gasteiger charge is -2.23. The van der Waals surface area contributed by atoms with E-state index in [4.69, 9.17) is 4.74 Å². The topological polar surface area (TPSA) is 54.1 Å². The monoisotopic (exact) mass is 272 g/mol. The van der Waals surface area contributed by atoms with Crippen molar-refractivity contribution in [3.8, 4) is 0 Å². The van der Waals surface area contributed by atoms with Crippen LogP contribution in [0.4, 0.5) is 0 Å². The number of ether oxygens (including phenoxy) is 1. The van der Waals surface area contributed by atoms with Gasteiger partial charge in [0.2, 0.25) is 0 Å². The normalized spacial score (nSPS) is 17.9. The number of carbonyl (C=O) groups excluding carboxylic acids is 1. The Morgan fingerprint density at radius 3 is 3.10 bits per heavy atom. The Morgan fingerprint density at radius 1 is 1.40 bits per heavy atom. The van der Waals surface area contributed by atoms with Crippen LogP contribution in [0.3, 0.4) is 0 Å². The highest BCUT2D eigenvalue weighted by Gasteiger charge is 2.30. The molecule has 106 valence electrons. The summed E-state index contributed by atoms with van der Waals surface area (Å²) in [6, 6.07) is 7.78. The number of para-hydroxylation sites is 1. The minimum absolute atomic E-state index is 0.163. The summed E-state index contributed by atoms with van der Waals surface area (Å²) >= 11 is 0. The van der Waals surface area contributed by atoms with Gasteiger partial charge in [0.25, 0.3) is 0 Å². The van der Waals surface area contributed by atoms with Gasteiger partial charge >= 0.3 is 5.97 Å². The summed E-state index contributed by atoms with van der Waals surface area (Å²) in [4.78, 5) is 15.7. The summed E-state index contributed by atoms with van der Waals surface area (Å²) in [5, 5.41) is 4.40. The van der Waals surface area contributed by atoms with Crippen LogP contribution in [-0.2, 0) is 16.0 Å². The summed E-state index contributed by atoms with van der Waals surface area (Å²) in [5.74, 6) is -0.163. The number of hydrogen-bond donors (Lipinski definition) is 2. The van der Waals surface area contributed by atoms with Gasteiger partial charge in [0.1, 0.15) is 6.04 Å². The average Bonchev–Trinajstić information content (AvgIpc) is 2.85. The number of esters is 1. The molecule has 1 aromatic carbocycles. The lowest BCUT2D eigenvalue weighted by atomic mass is 9.98. The predicted molar refractivity (Wildman–Crippen MR) is 78.6 cm³/mol. The molecule has 0 amide bonds. The number of hydrogen-bond acceptors (Lipinski definition) is 3. The highest BCUT2D eigenvalue weighted by Crippen LogP contribution is 2.31. The van der Waals surface area contributed by atoms with E-state index in [1.807, 2.05) is 18.2 Å². The van der Waals surface area contributed by atoms with Gasteiger partial charge in [0.15, 0.2) is 0 Å². The zero-order valence-corrected chi connectivity index (χ0v) is 11.7. The molecule has 1 unspecified atom stereocenters. The Hall–Kier alpha value is -1.81. The molecule has 4 nitrogen and oxygen atoms in total. The Balaban J connectivity index is 1.90. The molecule has 20 heavy (non-hydrogen) atoms. The standard InChI is InChI=1S/C16H20N2O2/c1-2-3-10-20-16(19)15-14-11-6-4-5-7-12(11)18-13(14)8-9-17-15/h4-7,15,17-18H,2-3,8-10H2,1H3. The van der Waals surface area contributed by atoms with Crippen LogP contribution in [0.15, 0.2) is 24.3 Å². The van der Waals surface area contributed by atoms with Crippen LogP contribution in [0.25, 0.3) is 10.9 Å². The fourth-order valence-corrected chi connectivity index (χ4v) is 2.79. The van der Waals surface area contributed by atoms with Gasteiger partial charge in [-0.1, -0.05) is 31.5 Å². The van der Waals surface area contributed by atoms with E-state index in [2.05, 4.69) is 23.3 Å². The van der Waals surface area contributed by atoms with Crippen LogP contribution in [0.2, 0.25) is 0 Å². The van der Waals surface area contributed by atoms with Gasteiger partial charge in [0, 0.05) is 35.1 Å². The first-order valence-corrected chi connectivity index (χ1v) is 7.30. The first-order chi connectivity index (χ1) is 9.81. The smallest absolute Gasteiger partial charge is 0.327 e. The molecule has 0 saturated heterocycles. The maximum Gasteiger partial charge on any atom is 0.327 e. The van der Waals surface area contributed by atoms with Crippen LogP contribution in [0, 0.1) is 0 Å². The van der Waals surface area contributed by atoms with Gasteiger partial charge in [-0.05, 0) is 12.5 Å². The maximum absolute atomic E-state index is 12.3. The van der Waals surface area contributed by atoms with Crippen LogP contribution < -0.4 is 5.32 Å². The number of carbonyl (C=O) groups is 1. The molecule has 3 rings (SSSR count). The second-order valence-electron chi connectivity index (χ2n) is 5.22. The first-order valence-electron chi connectivity index (χ1n) is 7.30. The summed E-state index contributed by atoms with van der Waals surface area (Å²) in [7, 11) is 0. The molecule has 1 aromatic heterocycles. The molecular weight excluding hydrogens is 252 g/mol. The van der Waals surface area contributed by atoms with E-state index in [0.29, 0.717) is 6.61 Å². The third-order valence-electron chi connectivity index (χ3n) is 3.82.